The highest BCUT2D eigenvalue weighted by atomic mass is 32.1. The molecule has 0 aliphatic heterocycles. The summed E-state index contributed by atoms with van der Waals surface area (Å²) < 4.78 is 2.97. The van der Waals surface area contributed by atoms with Gasteiger partial charge >= 0.3 is 0 Å². The Labute approximate surface area is 103 Å². The average molecular weight is 239 g/mol. The Morgan fingerprint density at radius 1 is 1.24 bits per heavy atom. The molecule has 0 aliphatic carbocycles. The van der Waals surface area contributed by atoms with Gasteiger partial charge in [-0.3, -0.25) is 4.68 Å². The molecule has 0 radical (unpaired) electrons. The van der Waals surface area contributed by atoms with Crippen LogP contribution in [-0.2, 0) is 6.54 Å². The van der Waals surface area contributed by atoms with E-state index in [1.54, 1.807) is 22.2 Å². The van der Waals surface area contributed by atoms with Gasteiger partial charge in [-0.25, -0.2) is 4.98 Å². The second kappa shape index (κ2) is 4.40. The van der Waals surface area contributed by atoms with Gasteiger partial charge in [-0.15, -0.1) is 11.3 Å². The predicted octanol–water partition coefficient (Wildman–Crippen LogP) is 2.54. The van der Waals surface area contributed by atoms with Crippen LogP contribution in [0.1, 0.15) is 5.01 Å². The van der Waals surface area contributed by atoms with Gasteiger partial charge in [0.2, 0.25) is 0 Å². The summed E-state index contributed by atoms with van der Waals surface area (Å²) in [5, 5.41) is 4.95. The topological polar surface area (TPSA) is 30.7 Å². The van der Waals surface area contributed by atoms with Crippen LogP contribution in [0.2, 0.25) is 0 Å². The molecule has 0 amide bonds. The lowest BCUT2D eigenvalue weighted by Gasteiger charge is -1.88. The number of fused-ring (bicyclic) bond motifs is 1. The Kier molecular flexibility index (Phi) is 2.60. The van der Waals surface area contributed by atoms with Gasteiger partial charge in [-0.2, -0.15) is 5.10 Å². The van der Waals surface area contributed by atoms with Gasteiger partial charge in [0.15, 0.2) is 5.01 Å². The van der Waals surface area contributed by atoms with E-state index in [9.17, 15) is 0 Å². The number of benzene rings is 1. The van der Waals surface area contributed by atoms with Crippen LogP contribution >= 0.6 is 11.3 Å². The van der Waals surface area contributed by atoms with Crippen molar-refractivity contribution in [2.45, 2.75) is 6.54 Å². The first-order chi connectivity index (χ1) is 8.42. The zero-order valence-electron chi connectivity index (χ0n) is 9.00. The fourth-order valence-electron chi connectivity index (χ4n) is 1.52. The Hall–Kier alpha value is -2.12. The summed E-state index contributed by atoms with van der Waals surface area (Å²) in [6.45, 7) is 0.600. The molecule has 17 heavy (non-hydrogen) atoms. The molecule has 1 aromatic carbocycles. The zero-order valence-corrected chi connectivity index (χ0v) is 9.81. The van der Waals surface area contributed by atoms with Crippen LogP contribution in [0.15, 0.2) is 42.7 Å². The van der Waals surface area contributed by atoms with Crippen LogP contribution in [-0.4, -0.2) is 14.8 Å². The maximum Gasteiger partial charge on any atom is 0.168 e. The van der Waals surface area contributed by atoms with Gasteiger partial charge in [0, 0.05) is 12.4 Å². The Balaban J connectivity index is 1.83. The number of thiazole rings is 1. The third-order valence-electron chi connectivity index (χ3n) is 2.29. The van der Waals surface area contributed by atoms with E-state index in [1.807, 2.05) is 30.5 Å². The summed E-state index contributed by atoms with van der Waals surface area (Å²) in [7, 11) is 0. The lowest BCUT2D eigenvalue weighted by atomic mass is 10.3. The molecule has 0 bridgehead atoms. The Morgan fingerprint density at radius 2 is 2.18 bits per heavy atom. The molecule has 0 aliphatic rings. The molecule has 0 spiro atoms. The monoisotopic (exact) mass is 239 g/mol. The standard InChI is InChI=1S/C13H9N3S/c1-2-6-12-11(5-1)15-13(17-12)7-3-9-16-10-4-8-14-16/h1-2,4-6,8,10H,9H2. The van der Waals surface area contributed by atoms with E-state index in [-0.39, 0.29) is 0 Å². The highest BCUT2D eigenvalue weighted by Crippen LogP contribution is 2.20. The summed E-state index contributed by atoms with van der Waals surface area (Å²) in [6.07, 6.45) is 3.65. The molecule has 2 aromatic heterocycles. The minimum atomic E-state index is 0.600. The van der Waals surface area contributed by atoms with Crippen molar-refractivity contribution < 1.29 is 0 Å². The maximum absolute atomic E-state index is 4.45. The van der Waals surface area contributed by atoms with E-state index >= 15 is 0 Å². The number of rotatable bonds is 1. The minimum Gasteiger partial charge on any atom is -0.261 e. The summed E-state index contributed by atoms with van der Waals surface area (Å²) in [5.74, 6) is 6.13. The average Bonchev–Trinajstić information content (AvgIpc) is 2.96. The molecule has 82 valence electrons. The molecule has 2 heterocycles. The molecule has 0 atom stereocenters. The Morgan fingerprint density at radius 3 is 3.00 bits per heavy atom. The molecule has 3 nitrogen and oxygen atoms in total. The van der Waals surface area contributed by atoms with Crippen LogP contribution in [0.5, 0.6) is 0 Å². The first-order valence-electron chi connectivity index (χ1n) is 5.24. The van der Waals surface area contributed by atoms with E-state index < -0.39 is 0 Å². The van der Waals surface area contributed by atoms with Crippen molar-refractivity contribution in [1.29, 1.82) is 0 Å². The maximum atomic E-state index is 4.45. The highest BCUT2D eigenvalue weighted by Gasteiger charge is 1.98. The number of aromatic nitrogens is 3. The van der Waals surface area contributed by atoms with Crippen molar-refractivity contribution >= 4 is 21.6 Å². The van der Waals surface area contributed by atoms with Gasteiger partial charge in [0.25, 0.3) is 0 Å². The van der Waals surface area contributed by atoms with Crippen LogP contribution in [0.3, 0.4) is 0 Å². The molecule has 0 saturated carbocycles. The summed E-state index contributed by atoms with van der Waals surface area (Å²) in [6, 6.07) is 9.96. The summed E-state index contributed by atoms with van der Waals surface area (Å²) in [5.41, 5.74) is 1.01. The molecule has 3 rings (SSSR count). The second-order valence-corrected chi connectivity index (χ2v) is 4.52. The summed E-state index contributed by atoms with van der Waals surface area (Å²) in [4.78, 5) is 4.45. The molecule has 0 unspecified atom stereocenters. The lowest BCUT2D eigenvalue weighted by Crippen LogP contribution is -1.94. The van der Waals surface area contributed by atoms with Gasteiger partial charge in [0.05, 0.1) is 10.2 Å². The van der Waals surface area contributed by atoms with Crippen LogP contribution < -0.4 is 0 Å². The fourth-order valence-corrected chi connectivity index (χ4v) is 2.36. The molecule has 0 saturated heterocycles. The van der Waals surface area contributed by atoms with Gasteiger partial charge in [-0.1, -0.05) is 18.1 Å². The fraction of sp³-hybridized carbons (Fsp3) is 0.0769. The van der Waals surface area contributed by atoms with Crippen molar-refractivity contribution in [1.82, 2.24) is 14.8 Å². The molecule has 4 heteroatoms. The van der Waals surface area contributed by atoms with Crippen molar-refractivity contribution in [3.05, 3.63) is 47.7 Å². The smallest absolute Gasteiger partial charge is 0.168 e. The summed E-state index contributed by atoms with van der Waals surface area (Å²) >= 11 is 1.62. The van der Waals surface area contributed by atoms with Crippen molar-refractivity contribution in [2.24, 2.45) is 0 Å². The molecule has 0 fully saturated rings. The van der Waals surface area contributed by atoms with Gasteiger partial charge in [0.1, 0.15) is 6.54 Å². The number of hydrogen-bond acceptors (Lipinski definition) is 3. The van der Waals surface area contributed by atoms with Crippen LogP contribution in [0.25, 0.3) is 10.2 Å². The largest absolute Gasteiger partial charge is 0.261 e. The molecule has 0 N–H and O–H groups in total. The third-order valence-corrected chi connectivity index (χ3v) is 3.24. The SMILES string of the molecule is C(#Cc1nc2ccccc2s1)Cn1cccn1. The van der Waals surface area contributed by atoms with Crippen LogP contribution in [0.4, 0.5) is 0 Å². The van der Waals surface area contributed by atoms with E-state index in [0.29, 0.717) is 6.54 Å². The van der Waals surface area contributed by atoms with Gasteiger partial charge < -0.3 is 0 Å². The number of para-hydroxylation sites is 1. The molecular weight excluding hydrogens is 230 g/mol. The quantitative estimate of drug-likeness (QED) is 0.611. The first kappa shape index (κ1) is 10.1. The van der Waals surface area contributed by atoms with Crippen molar-refractivity contribution in [3.63, 3.8) is 0 Å². The number of nitrogens with zero attached hydrogens (tertiary/aromatic N) is 3. The van der Waals surface area contributed by atoms with Crippen LogP contribution in [0, 0.1) is 11.8 Å². The van der Waals surface area contributed by atoms with Crippen molar-refractivity contribution in [2.75, 3.05) is 0 Å². The lowest BCUT2D eigenvalue weighted by molar-refractivity contribution is 0.715. The second-order valence-electron chi connectivity index (χ2n) is 3.49. The van der Waals surface area contributed by atoms with Gasteiger partial charge in [-0.05, 0) is 24.1 Å². The Bertz CT molecular complexity index is 653. The minimum absolute atomic E-state index is 0.600. The van der Waals surface area contributed by atoms with E-state index in [1.165, 1.54) is 4.70 Å². The first-order valence-corrected chi connectivity index (χ1v) is 6.05. The third kappa shape index (κ3) is 2.19. The van der Waals surface area contributed by atoms with E-state index in [2.05, 4.69) is 28.0 Å². The highest BCUT2D eigenvalue weighted by molar-refractivity contribution is 7.19. The molecular formula is C13H9N3S. The molecule has 3 aromatic rings. The number of hydrogen-bond donors (Lipinski definition) is 0. The van der Waals surface area contributed by atoms with Crippen molar-refractivity contribution in [3.8, 4) is 11.8 Å². The normalized spacial score (nSPS) is 10.1. The predicted molar refractivity (Wildman–Crippen MR) is 68.7 cm³/mol. The zero-order chi connectivity index (χ0) is 11.5. The van der Waals surface area contributed by atoms with E-state index in [0.717, 1.165) is 10.5 Å². The van der Waals surface area contributed by atoms with E-state index in [4.69, 9.17) is 0 Å².